The molecule has 2 rings (SSSR count). The molecule has 2 nitrogen and oxygen atoms in total. The van der Waals surface area contributed by atoms with Gasteiger partial charge in [-0.15, -0.1) is 0 Å². The summed E-state index contributed by atoms with van der Waals surface area (Å²) in [4.78, 5) is 0. The standard InChI is InChI=1S/C16H31NO/c1-3-11-17-15-8-12-18-16(13-15)9-5-6-14(4-2)7-10-16/h14-15,17H,3-13H2,1-2H3. The zero-order chi connectivity index (χ0) is 12.8. The zero-order valence-corrected chi connectivity index (χ0v) is 12.3. The van der Waals surface area contributed by atoms with Crippen molar-refractivity contribution in [3.8, 4) is 0 Å². The van der Waals surface area contributed by atoms with Gasteiger partial charge in [0, 0.05) is 12.6 Å². The molecule has 1 aliphatic heterocycles. The van der Waals surface area contributed by atoms with E-state index in [9.17, 15) is 0 Å². The fourth-order valence-electron chi connectivity index (χ4n) is 3.76. The third-order valence-electron chi connectivity index (χ3n) is 5.01. The summed E-state index contributed by atoms with van der Waals surface area (Å²) in [5, 5.41) is 3.71. The lowest BCUT2D eigenvalue weighted by atomic mass is 9.83. The molecule has 0 radical (unpaired) electrons. The largest absolute Gasteiger partial charge is 0.375 e. The maximum atomic E-state index is 6.25. The van der Waals surface area contributed by atoms with Crippen LogP contribution in [0.4, 0.5) is 0 Å². The normalized spacial score (nSPS) is 37.7. The van der Waals surface area contributed by atoms with E-state index in [0.29, 0.717) is 6.04 Å². The van der Waals surface area contributed by atoms with Gasteiger partial charge in [-0.05, 0) is 51.0 Å². The molecular weight excluding hydrogens is 222 g/mol. The van der Waals surface area contributed by atoms with Gasteiger partial charge in [-0.1, -0.05) is 33.1 Å². The monoisotopic (exact) mass is 253 g/mol. The first kappa shape index (κ1) is 14.3. The Hall–Kier alpha value is -0.0800. The Balaban J connectivity index is 1.89. The van der Waals surface area contributed by atoms with E-state index < -0.39 is 0 Å². The minimum absolute atomic E-state index is 0.230. The molecule has 0 aromatic heterocycles. The van der Waals surface area contributed by atoms with Gasteiger partial charge in [-0.3, -0.25) is 0 Å². The average molecular weight is 253 g/mol. The highest BCUT2D eigenvalue weighted by atomic mass is 16.5. The highest BCUT2D eigenvalue weighted by Gasteiger charge is 2.38. The Morgan fingerprint density at radius 1 is 1.17 bits per heavy atom. The highest BCUT2D eigenvalue weighted by molar-refractivity contribution is 4.92. The first-order valence-corrected chi connectivity index (χ1v) is 8.15. The van der Waals surface area contributed by atoms with Crippen LogP contribution < -0.4 is 5.32 Å². The van der Waals surface area contributed by atoms with Gasteiger partial charge >= 0.3 is 0 Å². The second-order valence-electron chi connectivity index (χ2n) is 6.38. The minimum atomic E-state index is 0.230. The van der Waals surface area contributed by atoms with Crippen molar-refractivity contribution in [2.45, 2.75) is 83.3 Å². The Kier molecular flexibility index (Phi) is 5.50. The summed E-state index contributed by atoms with van der Waals surface area (Å²) in [7, 11) is 0. The van der Waals surface area contributed by atoms with Crippen LogP contribution in [0.15, 0.2) is 0 Å². The first-order valence-electron chi connectivity index (χ1n) is 8.15. The molecule has 1 N–H and O–H groups in total. The van der Waals surface area contributed by atoms with Gasteiger partial charge in [0.05, 0.1) is 5.60 Å². The second-order valence-corrected chi connectivity index (χ2v) is 6.38. The molecule has 0 aromatic rings. The zero-order valence-electron chi connectivity index (χ0n) is 12.3. The molecule has 18 heavy (non-hydrogen) atoms. The average Bonchev–Trinajstić information content (AvgIpc) is 2.59. The highest BCUT2D eigenvalue weighted by Crippen LogP contribution is 2.39. The lowest BCUT2D eigenvalue weighted by Gasteiger charge is -2.41. The van der Waals surface area contributed by atoms with Gasteiger partial charge in [0.25, 0.3) is 0 Å². The molecule has 2 heteroatoms. The van der Waals surface area contributed by atoms with E-state index in [2.05, 4.69) is 19.2 Å². The van der Waals surface area contributed by atoms with E-state index in [1.165, 1.54) is 64.3 Å². The summed E-state index contributed by atoms with van der Waals surface area (Å²) in [6.45, 7) is 6.73. The van der Waals surface area contributed by atoms with Crippen molar-refractivity contribution < 1.29 is 4.74 Å². The molecule has 1 saturated carbocycles. The summed E-state index contributed by atoms with van der Waals surface area (Å²) in [6, 6.07) is 0.705. The van der Waals surface area contributed by atoms with E-state index in [1.807, 2.05) is 0 Å². The van der Waals surface area contributed by atoms with Crippen LogP contribution in [0, 0.1) is 5.92 Å². The van der Waals surface area contributed by atoms with Gasteiger partial charge < -0.3 is 10.1 Å². The van der Waals surface area contributed by atoms with Gasteiger partial charge in [0.1, 0.15) is 0 Å². The van der Waals surface area contributed by atoms with Crippen LogP contribution in [0.3, 0.4) is 0 Å². The summed E-state index contributed by atoms with van der Waals surface area (Å²) >= 11 is 0. The topological polar surface area (TPSA) is 21.3 Å². The number of nitrogens with one attached hydrogen (secondary N) is 1. The molecule has 1 saturated heterocycles. The third-order valence-corrected chi connectivity index (χ3v) is 5.01. The molecule has 0 aromatic carbocycles. The molecule has 1 heterocycles. The van der Waals surface area contributed by atoms with E-state index in [-0.39, 0.29) is 5.60 Å². The number of hydrogen-bond acceptors (Lipinski definition) is 2. The molecule has 3 atom stereocenters. The molecule has 1 spiro atoms. The van der Waals surface area contributed by atoms with Gasteiger partial charge in [-0.2, -0.15) is 0 Å². The van der Waals surface area contributed by atoms with Crippen molar-refractivity contribution in [2.75, 3.05) is 13.2 Å². The smallest absolute Gasteiger partial charge is 0.0697 e. The predicted molar refractivity (Wildman–Crippen MR) is 76.9 cm³/mol. The van der Waals surface area contributed by atoms with E-state index in [0.717, 1.165) is 12.5 Å². The number of ether oxygens (including phenoxy) is 1. The van der Waals surface area contributed by atoms with Crippen molar-refractivity contribution in [3.63, 3.8) is 0 Å². The fraction of sp³-hybridized carbons (Fsp3) is 1.00. The predicted octanol–water partition coefficient (Wildman–Crippen LogP) is 3.89. The van der Waals surface area contributed by atoms with E-state index >= 15 is 0 Å². The van der Waals surface area contributed by atoms with Crippen LogP contribution in [-0.4, -0.2) is 24.8 Å². The second kappa shape index (κ2) is 6.91. The number of rotatable bonds is 4. The van der Waals surface area contributed by atoms with Crippen LogP contribution in [-0.2, 0) is 4.74 Å². The summed E-state index contributed by atoms with van der Waals surface area (Å²) in [6.07, 6.45) is 11.8. The fourth-order valence-corrected chi connectivity index (χ4v) is 3.76. The van der Waals surface area contributed by atoms with Crippen LogP contribution >= 0.6 is 0 Å². The molecule has 2 fully saturated rings. The Morgan fingerprint density at radius 2 is 2.06 bits per heavy atom. The SMILES string of the molecule is CCCNC1CCOC2(CCCC(CC)CC2)C1. The van der Waals surface area contributed by atoms with Gasteiger partial charge in [0.15, 0.2) is 0 Å². The molecule has 106 valence electrons. The Labute approximate surface area is 113 Å². The lowest BCUT2D eigenvalue weighted by molar-refractivity contribution is -0.0977. The van der Waals surface area contributed by atoms with Crippen LogP contribution in [0.1, 0.15) is 71.6 Å². The Morgan fingerprint density at radius 3 is 2.83 bits per heavy atom. The van der Waals surface area contributed by atoms with Crippen LogP contribution in [0.5, 0.6) is 0 Å². The summed E-state index contributed by atoms with van der Waals surface area (Å²) in [5.41, 5.74) is 0.230. The van der Waals surface area contributed by atoms with Crippen LogP contribution in [0.25, 0.3) is 0 Å². The molecule has 1 aliphatic carbocycles. The summed E-state index contributed by atoms with van der Waals surface area (Å²) < 4.78 is 6.25. The maximum Gasteiger partial charge on any atom is 0.0697 e. The first-order chi connectivity index (χ1) is 8.78. The lowest BCUT2D eigenvalue weighted by Crippen LogP contribution is -2.47. The third kappa shape index (κ3) is 3.71. The van der Waals surface area contributed by atoms with Crippen LogP contribution in [0.2, 0.25) is 0 Å². The molecule has 0 bridgehead atoms. The molecule has 0 amide bonds. The molecular formula is C16H31NO. The van der Waals surface area contributed by atoms with Crippen molar-refractivity contribution in [1.29, 1.82) is 0 Å². The summed E-state index contributed by atoms with van der Waals surface area (Å²) in [5.74, 6) is 0.956. The number of hydrogen-bond donors (Lipinski definition) is 1. The van der Waals surface area contributed by atoms with Crippen molar-refractivity contribution >= 4 is 0 Å². The van der Waals surface area contributed by atoms with E-state index in [4.69, 9.17) is 4.74 Å². The minimum Gasteiger partial charge on any atom is -0.375 e. The van der Waals surface area contributed by atoms with Crippen molar-refractivity contribution in [1.82, 2.24) is 5.32 Å². The van der Waals surface area contributed by atoms with Crippen molar-refractivity contribution in [3.05, 3.63) is 0 Å². The van der Waals surface area contributed by atoms with Gasteiger partial charge in [0.2, 0.25) is 0 Å². The Bertz CT molecular complexity index is 243. The molecule has 2 aliphatic rings. The van der Waals surface area contributed by atoms with Gasteiger partial charge in [-0.25, -0.2) is 0 Å². The van der Waals surface area contributed by atoms with Crippen molar-refractivity contribution in [2.24, 2.45) is 5.92 Å². The quantitative estimate of drug-likeness (QED) is 0.820. The van der Waals surface area contributed by atoms with E-state index in [1.54, 1.807) is 0 Å². The maximum absolute atomic E-state index is 6.25. The molecule has 3 unspecified atom stereocenters.